The fourth-order valence-electron chi connectivity index (χ4n) is 1.40. The zero-order valence-electron chi connectivity index (χ0n) is 10.7. The number of rotatable bonds is 5. The third kappa shape index (κ3) is 5.48. The summed E-state index contributed by atoms with van der Waals surface area (Å²) < 4.78 is 0. The van der Waals surface area contributed by atoms with Crippen LogP contribution in [0.5, 0.6) is 0 Å². The molecule has 0 atom stereocenters. The molecule has 1 aromatic carbocycles. The van der Waals surface area contributed by atoms with E-state index in [1.165, 1.54) is 5.56 Å². The predicted molar refractivity (Wildman–Crippen MR) is 77.5 cm³/mol. The van der Waals surface area contributed by atoms with Crippen molar-refractivity contribution in [2.45, 2.75) is 19.9 Å². The predicted octanol–water partition coefficient (Wildman–Crippen LogP) is 0.268. The highest BCUT2D eigenvalue weighted by Crippen LogP contribution is 2.04. The average molecular weight is 279 g/mol. The maximum atomic E-state index is 11.4. The number of hydrogen-bond acceptors (Lipinski definition) is 3. The highest BCUT2D eigenvalue weighted by Gasteiger charge is 2.12. The first-order valence-corrected chi connectivity index (χ1v) is 6.36. The molecule has 2 amide bonds. The molecule has 5 nitrogen and oxygen atoms in total. The molecular formula is C13H17N3O2S. The quantitative estimate of drug-likeness (QED) is 0.533. The monoisotopic (exact) mass is 279 g/mol. The third-order valence-corrected chi connectivity index (χ3v) is 2.66. The van der Waals surface area contributed by atoms with Gasteiger partial charge >= 0.3 is 11.8 Å². The summed E-state index contributed by atoms with van der Waals surface area (Å²) in [6, 6.07) is 7.83. The fourth-order valence-corrected chi connectivity index (χ4v) is 1.48. The Morgan fingerprint density at radius 1 is 1.11 bits per heavy atom. The second kappa shape index (κ2) is 7.48. The third-order valence-electron chi connectivity index (χ3n) is 2.51. The van der Waals surface area contributed by atoms with Crippen LogP contribution >= 0.6 is 12.2 Å². The van der Waals surface area contributed by atoms with Crippen LogP contribution in [0.4, 0.5) is 0 Å². The normalized spacial score (nSPS) is 9.74. The van der Waals surface area contributed by atoms with E-state index in [1.54, 1.807) is 0 Å². The summed E-state index contributed by atoms with van der Waals surface area (Å²) in [7, 11) is 0. The van der Waals surface area contributed by atoms with Crippen molar-refractivity contribution >= 4 is 29.0 Å². The number of hydrogen-bond donors (Lipinski definition) is 3. The maximum Gasteiger partial charge on any atom is 0.309 e. The number of carbonyl (C=O) groups is 2. The van der Waals surface area contributed by atoms with Crippen molar-refractivity contribution in [3.05, 3.63) is 35.4 Å². The molecule has 0 unspecified atom stereocenters. The summed E-state index contributed by atoms with van der Waals surface area (Å²) in [6.45, 7) is 2.40. The van der Waals surface area contributed by atoms with E-state index < -0.39 is 11.8 Å². The van der Waals surface area contributed by atoms with Crippen LogP contribution in [0, 0.1) is 0 Å². The molecule has 0 spiro atoms. The molecular weight excluding hydrogens is 262 g/mol. The molecule has 0 radical (unpaired) electrons. The minimum Gasteiger partial charge on any atom is -0.392 e. The Bertz CT molecular complexity index is 471. The first kappa shape index (κ1) is 15.1. The second-order valence-electron chi connectivity index (χ2n) is 4.00. The van der Waals surface area contributed by atoms with Crippen molar-refractivity contribution in [2.24, 2.45) is 5.73 Å². The van der Waals surface area contributed by atoms with Crippen molar-refractivity contribution in [1.29, 1.82) is 0 Å². The maximum absolute atomic E-state index is 11.4. The summed E-state index contributed by atoms with van der Waals surface area (Å²) in [5.41, 5.74) is 7.38. The summed E-state index contributed by atoms with van der Waals surface area (Å²) >= 11 is 4.60. The van der Waals surface area contributed by atoms with Crippen LogP contribution in [0.2, 0.25) is 0 Å². The minimum absolute atomic E-state index is 0.0206. The van der Waals surface area contributed by atoms with Gasteiger partial charge < -0.3 is 16.4 Å². The Morgan fingerprint density at radius 2 is 1.63 bits per heavy atom. The van der Waals surface area contributed by atoms with E-state index in [9.17, 15) is 9.59 Å². The molecule has 0 fully saturated rings. The molecule has 0 bridgehead atoms. The molecule has 1 aromatic rings. The van der Waals surface area contributed by atoms with Gasteiger partial charge in [-0.15, -0.1) is 0 Å². The Balaban J connectivity index is 2.40. The lowest BCUT2D eigenvalue weighted by atomic mass is 10.1. The molecule has 0 heterocycles. The molecule has 0 aliphatic rings. The molecule has 0 aromatic heterocycles. The van der Waals surface area contributed by atoms with Crippen LogP contribution in [0.1, 0.15) is 18.1 Å². The SMILES string of the molecule is CCc1ccc(CNC(=O)C(=O)NCC(N)=S)cc1. The van der Waals surface area contributed by atoms with Gasteiger partial charge in [0, 0.05) is 6.54 Å². The topological polar surface area (TPSA) is 84.2 Å². The van der Waals surface area contributed by atoms with Crippen LogP contribution in [-0.2, 0) is 22.6 Å². The lowest BCUT2D eigenvalue weighted by molar-refractivity contribution is -0.139. The van der Waals surface area contributed by atoms with E-state index in [0.29, 0.717) is 6.54 Å². The fraction of sp³-hybridized carbons (Fsp3) is 0.308. The van der Waals surface area contributed by atoms with Crippen molar-refractivity contribution in [3.8, 4) is 0 Å². The molecule has 6 heteroatoms. The first-order chi connectivity index (χ1) is 9.02. The highest BCUT2D eigenvalue weighted by atomic mass is 32.1. The van der Waals surface area contributed by atoms with E-state index in [2.05, 4.69) is 29.8 Å². The van der Waals surface area contributed by atoms with Gasteiger partial charge in [-0.25, -0.2) is 0 Å². The molecule has 19 heavy (non-hydrogen) atoms. The van der Waals surface area contributed by atoms with Crippen LogP contribution in [0.25, 0.3) is 0 Å². The van der Waals surface area contributed by atoms with E-state index >= 15 is 0 Å². The Hall–Kier alpha value is -1.95. The largest absolute Gasteiger partial charge is 0.392 e. The number of nitrogens with one attached hydrogen (secondary N) is 2. The lowest BCUT2D eigenvalue weighted by Gasteiger charge is -2.06. The molecule has 0 aliphatic carbocycles. The number of nitrogens with two attached hydrogens (primary N) is 1. The molecule has 4 N–H and O–H groups in total. The van der Waals surface area contributed by atoms with Gasteiger partial charge in [0.25, 0.3) is 0 Å². The van der Waals surface area contributed by atoms with E-state index in [4.69, 9.17) is 5.73 Å². The van der Waals surface area contributed by atoms with Crippen LogP contribution in [0.15, 0.2) is 24.3 Å². The zero-order chi connectivity index (χ0) is 14.3. The number of amides is 2. The van der Waals surface area contributed by atoms with Gasteiger partial charge in [-0.2, -0.15) is 0 Å². The summed E-state index contributed by atoms with van der Waals surface area (Å²) in [6.07, 6.45) is 0.966. The molecule has 1 rings (SSSR count). The highest BCUT2D eigenvalue weighted by molar-refractivity contribution is 7.80. The van der Waals surface area contributed by atoms with Crippen molar-refractivity contribution in [3.63, 3.8) is 0 Å². The van der Waals surface area contributed by atoms with Gasteiger partial charge in [0.05, 0.1) is 11.5 Å². The summed E-state index contributed by atoms with van der Waals surface area (Å²) in [5, 5.41) is 4.84. The van der Waals surface area contributed by atoms with Crippen molar-refractivity contribution in [1.82, 2.24) is 10.6 Å². The standard InChI is InChI=1S/C13H17N3O2S/c1-2-9-3-5-10(6-4-9)7-15-12(17)13(18)16-8-11(14)19/h3-6H,2,7-8H2,1H3,(H2,14,19)(H,15,17)(H,16,18). The smallest absolute Gasteiger partial charge is 0.309 e. The van der Waals surface area contributed by atoms with Crippen molar-refractivity contribution in [2.75, 3.05) is 6.54 Å². The Kier molecular flexibility index (Phi) is 5.95. The van der Waals surface area contributed by atoms with Crippen LogP contribution < -0.4 is 16.4 Å². The number of benzene rings is 1. The molecule has 0 saturated heterocycles. The van der Waals surface area contributed by atoms with Gasteiger partial charge in [-0.05, 0) is 17.5 Å². The van der Waals surface area contributed by atoms with E-state index in [0.717, 1.165) is 12.0 Å². The number of thiocarbonyl (C=S) groups is 1. The second-order valence-corrected chi connectivity index (χ2v) is 4.53. The van der Waals surface area contributed by atoms with Gasteiger partial charge in [0.15, 0.2) is 0 Å². The van der Waals surface area contributed by atoms with Gasteiger partial charge in [-0.3, -0.25) is 9.59 Å². The summed E-state index contributed by atoms with van der Waals surface area (Å²) in [4.78, 5) is 22.9. The Morgan fingerprint density at radius 3 is 2.16 bits per heavy atom. The van der Waals surface area contributed by atoms with Crippen LogP contribution in [0.3, 0.4) is 0 Å². The minimum atomic E-state index is -0.738. The average Bonchev–Trinajstić information content (AvgIpc) is 2.42. The van der Waals surface area contributed by atoms with Gasteiger partial charge in [0.2, 0.25) is 0 Å². The number of aryl methyl sites for hydroxylation is 1. The number of carbonyl (C=O) groups excluding carboxylic acids is 2. The first-order valence-electron chi connectivity index (χ1n) is 5.95. The van der Waals surface area contributed by atoms with Gasteiger partial charge in [0.1, 0.15) is 0 Å². The molecule has 0 saturated carbocycles. The summed E-state index contributed by atoms with van der Waals surface area (Å²) in [5.74, 6) is -1.44. The van der Waals surface area contributed by atoms with E-state index in [-0.39, 0.29) is 11.5 Å². The van der Waals surface area contributed by atoms with Crippen LogP contribution in [-0.4, -0.2) is 23.3 Å². The van der Waals surface area contributed by atoms with Crippen molar-refractivity contribution < 1.29 is 9.59 Å². The molecule has 102 valence electrons. The van der Waals surface area contributed by atoms with Gasteiger partial charge in [-0.1, -0.05) is 43.4 Å². The Labute approximate surface area is 117 Å². The van der Waals surface area contributed by atoms with E-state index in [1.807, 2.05) is 24.3 Å². The molecule has 0 aliphatic heterocycles. The lowest BCUT2D eigenvalue weighted by Crippen LogP contribution is -2.42. The zero-order valence-corrected chi connectivity index (χ0v) is 11.5.